The Labute approximate surface area is 254 Å². The standard InChI is InChI=1S/C24H20N7O3.C4H10N.CH3.Li/c1-4-21(32)27-17-8-9-20(34-3)19(11-17)28-23-26-13-16-14-31(24(33)30(2)22(16)29-23)18-7-5-6-15(10-18)12-25;1-4-5(2)3;;/h4-7,9-11,13H,1,14H2,2-3H3,(H,27,32)(H,26,28,29);1,4H2,2-3H3;1H3;/q3*-1;+1. The summed E-state index contributed by atoms with van der Waals surface area (Å²) < 4.78 is 5.36. The summed E-state index contributed by atoms with van der Waals surface area (Å²) in [7, 11) is 7.12. The monoisotopic (exact) mass is 548 g/mol. The van der Waals surface area contributed by atoms with Crippen molar-refractivity contribution >= 4 is 40.8 Å². The van der Waals surface area contributed by atoms with Crippen molar-refractivity contribution < 1.29 is 33.2 Å². The van der Waals surface area contributed by atoms with E-state index in [0.717, 1.165) is 18.2 Å². The van der Waals surface area contributed by atoms with E-state index < -0.39 is 0 Å². The van der Waals surface area contributed by atoms with E-state index in [4.69, 9.17) is 4.74 Å². The molecule has 0 saturated carbocycles. The molecule has 12 heteroatoms. The molecule has 41 heavy (non-hydrogen) atoms. The summed E-state index contributed by atoms with van der Waals surface area (Å²) in [5.41, 5.74) is 2.73. The number of fused-ring (bicyclic) bond motifs is 1. The molecule has 4 rings (SSSR count). The first-order valence-electron chi connectivity index (χ1n) is 11.9. The summed E-state index contributed by atoms with van der Waals surface area (Å²) in [6, 6.07) is 14.8. The van der Waals surface area contributed by atoms with Gasteiger partial charge in [-0.2, -0.15) is 16.3 Å². The van der Waals surface area contributed by atoms with E-state index in [1.807, 2.05) is 19.0 Å². The van der Waals surface area contributed by atoms with Crippen molar-refractivity contribution in [2.75, 3.05) is 55.2 Å². The van der Waals surface area contributed by atoms with Crippen LogP contribution < -0.4 is 44.0 Å². The largest absolute Gasteiger partial charge is 1.00 e. The third-order valence-corrected chi connectivity index (χ3v) is 5.56. The van der Waals surface area contributed by atoms with Crippen LogP contribution >= 0.6 is 0 Å². The Bertz CT molecular complexity index is 1410. The molecule has 3 amide bonds. The summed E-state index contributed by atoms with van der Waals surface area (Å²) >= 11 is 0. The van der Waals surface area contributed by atoms with Crippen LogP contribution in [0.5, 0.6) is 5.75 Å². The maximum Gasteiger partial charge on any atom is 1.00 e. The first-order valence-corrected chi connectivity index (χ1v) is 11.9. The molecule has 2 heterocycles. The van der Waals surface area contributed by atoms with Crippen molar-refractivity contribution in [2.24, 2.45) is 0 Å². The zero-order chi connectivity index (χ0) is 28.5. The molecule has 0 spiro atoms. The minimum atomic E-state index is -0.373. The Hall–Kier alpha value is -4.35. The maximum absolute atomic E-state index is 13.0. The van der Waals surface area contributed by atoms with Gasteiger partial charge in [-0.15, -0.1) is 18.7 Å². The van der Waals surface area contributed by atoms with E-state index in [1.165, 1.54) is 12.0 Å². The Morgan fingerprint density at radius 1 is 1.37 bits per heavy atom. The van der Waals surface area contributed by atoms with Crippen LogP contribution in [-0.2, 0) is 11.3 Å². The predicted molar refractivity (Wildman–Crippen MR) is 157 cm³/mol. The molecule has 2 aromatic carbocycles. The van der Waals surface area contributed by atoms with Gasteiger partial charge in [-0.3, -0.25) is 14.6 Å². The quantitative estimate of drug-likeness (QED) is 0.258. The molecule has 1 aliphatic rings. The molecule has 0 saturated heterocycles. The summed E-state index contributed by atoms with van der Waals surface area (Å²) in [5.74, 6) is 0.786. The van der Waals surface area contributed by atoms with E-state index in [9.17, 15) is 14.9 Å². The van der Waals surface area contributed by atoms with E-state index >= 15 is 0 Å². The molecule has 2 N–H and O–H groups in total. The van der Waals surface area contributed by atoms with Gasteiger partial charge in [0.1, 0.15) is 5.82 Å². The Morgan fingerprint density at radius 3 is 2.68 bits per heavy atom. The van der Waals surface area contributed by atoms with Crippen LogP contribution in [0.25, 0.3) is 0 Å². The van der Waals surface area contributed by atoms with Crippen LogP contribution in [0, 0.1) is 31.7 Å². The minimum absolute atomic E-state index is 0. The van der Waals surface area contributed by atoms with Gasteiger partial charge in [-0.05, 0) is 44.1 Å². The second-order valence-electron chi connectivity index (χ2n) is 8.58. The van der Waals surface area contributed by atoms with Crippen LogP contribution in [-0.4, -0.2) is 61.6 Å². The third-order valence-electron chi connectivity index (χ3n) is 5.56. The fraction of sp³-hybridized carbons (Fsp3) is 0.207. The van der Waals surface area contributed by atoms with Crippen molar-refractivity contribution in [1.29, 1.82) is 5.26 Å². The molecule has 1 aromatic heterocycles. The average molecular weight is 549 g/mol. The molecule has 0 aliphatic carbocycles. The normalized spacial score (nSPS) is 11.5. The Balaban J connectivity index is 0.00000111. The molecule has 210 valence electrons. The van der Waals surface area contributed by atoms with Crippen molar-refractivity contribution in [1.82, 2.24) is 14.9 Å². The number of rotatable bonds is 7. The number of ether oxygens (including phenoxy) is 1. The van der Waals surface area contributed by atoms with Gasteiger partial charge in [-0.25, -0.2) is 9.78 Å². The number of aromatic nitrogens is 2. The van der Waals surface area contributed by atoms with Crippen molar-refractivity contribution in [2.45, 2.75) is 6.54 Å². The molecule has 11 nitrogen and oxygen atoms in total. The fourth-order valence-corrected chi connectivity index (χ4v) is 3.44. The van der Waals surface area contributed by atoms with E-state index in [0.29, 0.717) is 34.2 Å². The van der Waals surface area contributed by atoms with Crippen LogP contribution in [0.1, 0.15) is 11.1 Å². The third kappa shape index (κ3) is 8.82. The Kier molecular flexibility index (Phi) is 13.6. The zero-order valence-corrected chi connectivity index (χ0v) is 24.4. The van der Waals surface area contributed by atoms with Gasteiger partial charge in [0.05, 0.1) is 25.3 Å². The zero-order valence-electron chi connectivity index (χ0n) is 24.4. The van der Waals surface area contributed by atoms with Crippen molar-refractivity contribution in [3.05, 3.63) is 86.8 Å². The number of hydrogen-bond acceptors (Lipinski definition) is 8. The predicted octanol–water partition coefficient (Wildman–Crippen LogP) is 1.44. The summed E-state index contributed by atoms with van der Waals surface area (Å²) in [4.78, 5) is 38.6. The number of carbonyl (C=O) groups is 2. The van der Waals surface area contributed by atoms with Crippen LogP contribution in [0.2, 0.25) is 0 Å². The van der Waals surface area contributed by atoms with Gasteiger partial charge in [0.15, 0.2) is 0 Å². The number of carbonyl (C=O) groups excluding carboxylic acids is 2. The summed E-state index contributed by atoms with van der Waals surface area (Å²) in [5, 5.41) is 14.9. The maximum atomic E-state index is 13.0. The first-order chi connectivity index (χ1) is 18.7. The molecule has 1 aliphatic heterocycles. The molecule has 0 radical (unpaired) electrons. The number of hydrogen-bond donors (Lipinski definition) is 2. The first kappa shape index (κ1) is 34.7. The second kappa shape index (κ2) is 16.0. The SMILES string of the molecule is C=CC(=O)Nc1[c-]cc(OC)c(Nc2ncc3c(n2)N(C)C(=O)N(c2cccc(C#N)c2)C3)c1.[CH2-]CN(C)C.[CH3-].[Li+]. The number of nitriles is 1. The molecule has 3 aromatic rings. The molecule has 0 bridgehead atoms. The van der Waals surface area contributed by atoms with Crippen LogP contribution in [0.15, 0.2) is 55.3 Å². The number of nitrogens with one attached hydrogen (secondary N) is 2. The fourth-order valence-electron chi connectivity index (χ4n) is 3.44. The second-order valence-corrected chi connectivity index (χ2v) is 8.58. The van der Waals surface area contributed by atoms with E-state index in [1.54, 1.807) is 54.5 Å². The molecule has 0 unspecified atom stereocenters. The van der Waals surface area contributed by atoms with Crippen LogP contribution in [0.3, 0.4) is 0 Å². The molecular formula is C29H33LiN8O3-2. The van der Waals surface area contributed by atoms with Gasteiger partial charge >= 0.3 is 24.9 Å². The van der Waals surface area contributed by atoms with Gasteiger partial charge < -0.3 is 34.6 Å². The molecule has 0 atom stereocenters. The van der Waals surface area contributed by atoms with Crippen molar-refractivity contribution in [3.63, 3.8) is 0 Å². The van der Waals surface area contributed by atoms with Gasteiger partial charge in [0, 0.05) is 30.2 Å². The summed E-state index contributed by atoms with van der Waals surface area (Å²) in [6.45, 7) is 8.19. The number of urea groups is 1. The average Bonchev–Trinajstić information content (AvgIpc) is 2.95. The molecular weight excluding hydrogens is 515 g/mol. The number of benzene rings is 2. The van der Waals surface area contributed by atoms with Gasteiger partial charge in [-0.1, -0.05) is 18.3 Å². The smallest absolute Gasteiger partial charge is 0.552 e. The topological polar surface area (TPSA) is 127 Å². The van der Waals surface area contributed by atoms with Gasteiger partial charge in [0.25, 0.3) is 0 Å². The van der Waals surface area contributed by atoms with Gasteiger partial charge in [0.2, 0.25) is 11.9 Å². The van der Waals surface area contributed by atoms with Crippen molar-refractivity contribution in [3.8, 4) is 11.8 Å². The van der Waals surface area contributed by atoms with E-state index in [-0.39, 0.29) is 50.7 Å². The number of methoxy groups -OCH3 is 1. The van der Waals surface area contributed by atoms with Crippen LogP contribution in [0.4, 0.5) is 33.6 Å². The molecule has 0 fully saturated rings. The number of amides is 3. The summed E-state index contributed by atoms with van der Waals surface area (Å²) in [6.07, 6.45) is 2.79. The number of anilines is 5. The minimum Gasteiger partial charge on any atom is -0.552 e. The van der Waals surface area contributed by atoms with E-state index in [2.05, 4.69) is 46.2 Å². The number of nitrogens with zero attached hydrogens (tertiary/aromatic N) is 6. The Morgan fingerprint density at radius 2 is 2.07 bits per heavy atom.